The normalized spacial score (nSPS) is 15.4. The lowest BCUT2D eigenvalue weighted by Crippen LogP contribution is -2.45. The fourth-order valence-corrected chi connectivity index (χ4v) is 5.44. The van der Waals surface area contributed by atoms with Crippen molar-refractivity contribution in [2.75, 3.05) is 31.1 Å². The van der Waals surface area contributed by atoms with Gasteiger partial charge in [-0.3, -0.25) is 19.2 Å². The number of pyridine rings is 2. The van der Waals surface area contributed by atoms with Crippen LogP contribution in [0.1, 0.15) is 28.8 Å². The second-order valence-corrected chi connectivity index (χ2v) is 10.7. The molecule has 6 rings (SSSR count). The molecule has 40 heavy (non-hydrogen) atoms. The number of hydrogen-bond donors (Lipinski definition) is 0. The summed E-state index contributed by atoms with van der Waals surface area (Å²) in [4.78, 5) is 21.9. The Morgan fingerprint density at radius 3 is 2.50 bits per heavy atom. The van der Waals surface area contributed by atoms with Crippen LogP contribution in [0.3, 0.4) is 0 Å². The van der Waals surface area contributed by atoms with E-state index in [1.165, 1.54) is 29.3 Å². The molecule has 1 aliphatic carbocycles. The monoisotopic (exact) mass is 556 g/mol. The minimum atomic E-state index is -0.199. The van der Waals surface area contributed by atoms with Crippen LogP contribution in [0.2, 0.25) is 5.02 Å². The number of piperazine rings is 1. The smallest absolute Gasteiger partial charge is 0.258 e. The number of aryl methyl sites for hydroxylation is 1. The highest BCUT2D eigenvalue weighted by molar-refractivity contribution is 6.30. The van der Waals surface area contributed by atoms with Gasteiger partial charge in [0.05, 0.1) is 10.7 Å². The first kappa shape index (κ1) is 26.3. The Bertz CT molecular complexity index is 1580. The van der Waals surface area contributed by atoms with Crippen LogP contribution >= 0.6 is 11.6 Å². The molecule has 8 heteroatoms. The molecule has 2 aliphatic rings. The van der Waals surface area contributed by atoms with Crippen LogP contribution in [0.4, 0.5) is 10.1 Å². The van der Waals surface area contributed by atoms with Crippen molar-refractivity contribution in [2.45, 2.75) is 26.0 Å². The van der Waals surface area contributed by atoms with Crippen LogP contribution in [0.5, 0.6) is 5.75 Å². The molecular formula is C32H30ClFN4O2. The van der Waals surface area contributed by atoms with Crippen molar-refractivity contribution in [1.29, 1.82) is 0 Å². The van der Waals surface area contributed by atoms with Gasteiger partial charge in [0.1, 0.15) is 18.2 Å². The minimum Gasteiger partial charge on any atom is -0.487 e. The molecule has 0 bridgehead atoms. The molecule has 2 aromatic carbocycles. The first-order valence-electron chi connectivity index (χ1n) is 13.5. The van der Waals surface area contributed by atoms with Crippen molar-refractivity contribution in [3.05, 3.63) is 123 Å². The largest absolute Gasteiger partial charge is 0.487 e. The maximum atomic E-state index is 13.2. The highest BCUT2D eigenvalue weighted by Crippen LogP contribution is 2.28. The summed E-state index contributed by atoms with van der Waals surface area (Å²) >= 11 is 5.88. The highest BCUT2D eigenvalue weighted by atomic mass is 35.5. The number of nitrogens with zero attached hydrogens (tertiary/aromatic N) is 4. The number of allylic oxidation sites excluding steroid dienone is 1. The Morgan fingerprint density at radius 1 is 0.925 bits per heavy atom. The van der Waals surface area contributed by atoms with Gasteiger partial charge >= 0.3 is 0 Å². The fraction of sp³-hybridized carbons (Fsp3) is 0.250. The van der Waals surface area contributed by atoms with Crippen molar-refractivity contribution in [3.63, 3.8) is 0 Å². The van der Waals surface area contributed by atoms with Crippen LogP contribution in [-0.2, 0) is 19.6 Å². The third kappa shape index (κ3) is 6.11. The fourth-order valence-electron chi connectivity index (χ4n) is 5.33. The highest BCUT2D eigenvalue weighted by Gasteiger charge is 2.19. The van der Waals surface area contributed by atoms with Crippen molar-refractivity contribution in [1.82, 2.24) is 14.5 Å². The molecule has 0 atom stereocenters. The van der Waals surface area contributed by atoms with Gasteiger partial charge in [-0.05, 0) is 78.1 Å². The lowest BCUT2D eigenvalue weighted by molar-refractivity contribution is 0.250. The molecule has 0 N–H and O–H groups in total. The predicted octanol–water partition coefficient (Wildman–Crippen LogP) is 5.88. The van der Waals surface area contributed by atoms with E-state index < -0.39 is 0 Å². The maximum absolute atomic E-state index is 13.2. The molecule has 0 amide bonds. The number of ether oxygens (including phenoxy) is 1. The van der Waals surface area contributed by atoms with Crippen LogP contribution in [0.25, 0.3) is 11.8 Å². The molecular weight excluding hydrogens is 527 g/mol. The zero-order valence-corrected chi connectivity index (χ0v) is 22.9. The second kappa shape index (κ2) is 11.7. The summed E-state index contributed by atoms with van der Waals surface area (Å²) in [5, 5.41) is 0.572. The Labute approximate surface area is 237 Å². The number of rotatable bonds is 7. The van der Waals surface area contributed by atoms with E-state index in [1.807, 2.05) is 18.2 Å². The van der Waals surface area contributed by atoms with Gasteiger partial charge in [-0.2, -0.15) is 0 Å². The lowest BCUT2D eigenvalue weighted by atomic mass is 9.93. The summed E-state index contributed by atoms with van der Waals surface area (Å²) in [6, 6.07) is 20.3. The summed E-state index contributed by atoms with van der Waals surface area (Å²) in [5.74, 6) is 0.313. The second-order valence-electron chi connectivity index (χ2n) is 10.2. The van der Waals surface area contributed by atoms with E-state index in [0.29, 0.717) is 10.8 Å². The molecule has 0 saturated carbocycles. The molecule has 204 valence electrons. The average molecular weight is 557 g/mol. The van der Waals surface area contributed by atoms with Gasteiger partial charge in [-0.15, -0.1) is 0 Å². The van der Waals surface area contributed by atoms with Gasteiger partial charge in [-0.1, -0.05) is 29.8 Å². The molecule has 3 heterocycles. The standard InChI is InChI=1S/C32H30ClFN4O2/c33-26-4-7-28(35-20-26)22-40-31-11-12-38(32(39)19-31)30-8-3-24-17-23(1-2-25(24)18-30)21-36-13-15-37(16-14-36)29-9-5-27(34)6-10-29/h1-2,4-7,9-12,17-20H,3,8,13-16,21-22H2. The van der Waals surface area contributed by atoms with E-state index in [9.17, 15) is 9.18 Å². The Morgan fingerprint density at radius 2 is 1.75 bits per heavy atom. The van der Waals surface area contributed by atoms with Crippen molar-refractivity contribution < 1.29 is 9.13 Å². The maximum Gasteiger partial charge on any atom is 0.258 e. The Kier molecular flexibility index (Phi) is 7.66. The number of hydrogen-bond acceptors (Lipinski definition) is 5. The predicted molar refractivity (Wildman–Crippen MR) is 157 cm³/mol. The van der Waals surface area contributed by atoms with E-state index >= 15 is 0 Å². The van der Waals surface area contributed by atoms with E-state index in [0.717, 1.165) is 68.2 Å². The molecule has 1 fully saturated rings. The number of benzene rings is 2. The molecule has 2 aromatic heterocycles. The first-order valence-corrected chi connectivity index (χ1v) is 13.9. The zero-order valence-electron chi connectivity index (χ0n) is 22.1. The molecule has 4 aromatic rings. The topological polar surface area (TPSA) is 50.6 Å². The van der Waals surface area contributed by atoms with Gasteiger partial charge in [0.2, 0.25) is 0 Å². The van der Waals surface area contributed by atoms with Gasteiger partial charge in [-0.25, -0.2) is 4.39 Å². The quantitative estimate of drug-likeness (QED) is 0.284. The van der Waals surface area contributed by atoms with Gasteiger partial charge in [0.25, 0.3) is 5.56 Å². The summed E-state index contributed by atoms with van der Waals surface area (Å²) in [6.07, 6.45) is 7.15. The minimum absolute atomic E-state index is 0.118. The Hall–Kier alpha value is -3.94. The van der Waals surface area contributed by atoms with Crippen LogP contribution < -0.4 is 15.2 Å². The Balaban J connectivity index is 1.07. The van der Waals surface area contributed by atoms with Gasteiger partial charge < -0.3 is 9.64 Å². The van der Waals surface area contributed by atoms with E-state index in [4.69, 9.17) is 16.3 Å². The van der Waals surface area contributed by atoms with Crippen LogP contribution in [0, 0.1) is 5.82 Å². The summed E-state index contributed by atoms with van der Waals surface area (Å²) in [5.41, 5.74) is 6.46. The molecule has 6 nitrogen and oxygen atoms in total. The van der Waals surface area contributed by atoms with Crippen molar-refractivity contribution in [3.8, 4) is 5.75 Å². The molecule has 1 saturated heterocycles. The summed E-state index contributed by atoms with van der Waals surface area (Å²) in [7, 11) is 0. The van der Waals surface area contributed by atoms with Crippen molar-refractivity contribution >= 4 is 29.1 Å². The number of aromatic nitrogens is 2. The first-order chi connectivity index (χ1) is 19.5. The average Bonchev–Trinajstić information content (AvgIpc) is 2.98. The van der Waals surface area contributed by atoms with Crippen LogP contribution in [0.15, 0.2) is 83.9 Å². The number of fused-ring (bicyclic) bond motifs is 1. The lowest BCUT2D eigenvalue weighted by Gasteiger charge is -2.36. The number of halogens is 2. The third-order valence-electron chi connectivity index (χ3n) is 7.53. The molecule has 0 unspecified atom stereocenters. The summed E-state index contributed by atoms with van der Waals surface area (Å²) in [6.45, 7) is 4.98. The third-order valence-corrected chi connectivity index (χ3v) is 7.75. The van der Waals surface area contributed by atoms with E-state index in [1.54, 1.807) is 29.1 Å². The molecule has 1 aliphatic heterocycles. The molecule has 0 radical (unpaired) electrons. The van der Waals surface area contributed by atoms with E-state index in [2.05, 4.69) is 39.1 Å². The van der Waals surface area contributed by atoms with Crippen molar-refractivity contribution in [2.24, 2.45) is 0 Å². The van der Waals surface area contributed by atoms with Gasteiger partial charge in [0, 0.05) is 62.6 Å². The summed E-state index contributed by atoms with van der Waals surface area (Å²) < 4.78 is 20.7. The van der Waals surface area contributed by atoms with E-state index in [-0.39, 0.29) is 18.0 Å². The SMILES string of the molecule is O=c1cc(OCc2ccc(Cl)cn2)ccn1C1=Cc2ccc(CN3CCN(c4ccc(F)cc4)CC3)cc2CC1. The number of anilines is 1. The zero-order chi connectivity index (χ0) is 27.5. The van der Waals surface area contributed by atoms with Crippen LogP contribution in [-0.4, -0.2) is 40.6 Å². The van der Waals surface area contributed by atoms with Gasteiger partial charge in [0.15, 0.2) is 0 Å². The molecule has 0 spiro atoms.